The highest BCUT2D eigenvalue weighted by Gasteiger charge is 2.35. The van der Waals surface area contributed by atoms with Crippen molar-refractivity contribution in [1.29, 1.82) is 0 Å². The van der Waals surface area contributed by atoms with Gasteiger partial charge in [0.05, 0.1) is 13.0 Å². The Labute approximate surface area is 153 Å². The maximum absolute atomic E-state index is 13.6. The van der Waals surface area contributed by atoms with Crippen LogP contribution in [0.25, 0.3) is 0 Å². The monoisotopic (exact) mass is 379 g/mol. The first-order valence-electron chi connectivity index (χ1n) is 8.13. The number of amides is 1. The fraction of sp³-hybridized carbons (Fsp3) is 0.263. The molecule has 1 aliphatic heterocycles. The molecule has 2 aromatic rings. The Balaban J connectivity index is 1.65. The first kappa shape index (κ1) is 18.8. The van der Waals surface area contributed by atoms with Gasteiger partial charge in [-0.15, -0.1) is 0 Å². The van der Waals surface area contributed by atoms with Gasteiger partial charge in [0.2, 0.25) is 5.91 Å². The average molecular weight is 379 g/mol. The van der Waals surface area contributed by atoms with E-state index in [-0.39, 0.29) is 31.0 Å². The molecule has 27 heavy (non-hydrogen) atoms. The SMILES string of the molecule is COC(=O)C1CC(=O)N(c2ccc(OCc3cc(F)c(F)cc3F)cc2)C1. The molecule has 0 radical (unpaired) electrons. The summed E-state index contributed by atoms with van der Waals surface area (Å²) in [6.07, 6.45) is 0.0837. The van der Waals surface area contributed by atoms with Crippen LogP contribution in [0, 0.1) is 23.4 Å². The number of benzene rings is 2. The molecule has 2 aromatic carbocycles. The molecule has 1 saturated heterocycles. The van der Waals surface area contributed by atoms with E-state index in [1.165, 1.54) is 12.0 Å². The summed E-state index contributed by atoms with van der Waals surface area (Å²) in [7, 11) is 1.28. The lowest BCUT2D eigenvalue weighted by molar-refractivity contribution is -0.145. The lowest BCUT2D eigenvalue weighted by Crippen LogP contribution is -2.26. The molecule has 0 aliphatic carbocycles. The molecule has 3 rings (SSSR count). The minimum Gasteiger partial charge on any atom is -0.489 e. The van der Waals surface area contributed by atoms with Crippen molar-refractivity contribution in [2.45, 2.75) is 13.0 Å². The summed E-state index contributed by atoms with van der Waals surface area (Å²) in [4.78, 5) is 25.1. The summed E-state index contributed by atoms with van der Waals surface area (Å²) < 4.78 is 49.8. The van der Waals surface area contributed by atoms with Crippen LogP contribution in [0.1, 0.15) is 12.0 Å². The Bertz CT molecular complexity index is 870. The molecule has 1 aliphatic rings. The third kappa shape index (κ3) is 4.05. The van der Waals surface area contributed by atoms with Crippen LogP contribution in [0.15, 0.2) is 36.4 Å². The molecule has 5 nitrogen and oxygen atoms in total. The molecule has 0 saturated carbocycles. The van der Waals surface area contributed by atoms with Crippen molar-refractivity contribution in [3.63, 3.8) is 0 Å². The molecule has 1 unspecified atom stereocenters. The zero-order valence-electron chi connectivity index (χ0n) is 14.4. The standard InChI is InChI=1S/C19H16F3NO4/c1-26-19(25)11-7-18(24)23(9-11)13-2-4-14(5-3-13)27-10-12-6-16(21)17(22)8-15(12)20/h2-6,8,11H,7,9-10H2,1H3. The molecular weight excluding hydrogens is 363 g/mol. The summed E-state index contributed by atoms with van der Waals surface area (Å²) in [5.74, 6) is -4.09. The van der Waals surface area contributed by atoms with E-state index < -0.39 is 29.3 Å². The molecule has 0 aromatic heterocycles. The van der Waals surface area contributed by atoms with Crippen LogP contribution in [0.2, 0.25) is 0 Å². The van der Waals surface area contributed by atoms with Crippen LogP contribution in [0.4, 0.5) is 18.9 Å². The van der Waals surface area contributed by atoms with Crippen molar-refractivity contribution in [2.24, 2.45) is 5.92 Å². The van der Waals surface area contributed by atoms with Gasteiger partial charge in [-0.3, -0.25) is 9.59 Å². The highest BCUT2D eigenvalue weighted by Crippen LogP contribution is 2.28. The fourth-order valence-electron chi connectivity index (χ4n) is 2.84. The lowest BCUT2D eigenvalue weighted by atomic mass is 10.1. The number of nitrogens with zero attached hydrogens (tertiary/aromatic N) is 1. The first-order valence-corrected chi connectivity index (χ1v) is 8.13. The number of carbonyl (C=O) groups is 2. The molecule has 0 spiro atoms. The highest BCUT2D eigenvalue weighted by molar-refractivity contribution is 5.99. The predicted molar refractivity (Wildman–Crippen MR) is 89.6 cm³/mol. The van der Waals surface area contributed by atoms with Gasteiger partial charge >= 0.3 is 5.97 Å². The molecule has 1 fully saturated rings. The largest absolute Gasteiger partial charge is 0.489 e. The third-order valence-electron chi connectivity index (χ3n) is 4.29. The zero-order chi connectivity index (χ0) is 19.6. The number of carbonyl (C=O) groups excluding carboxylic acids is 2. The van der Waals surface area contributed by atoms with Gasteiger partial charge in [-0.25, -0.2) is 13.2 Å². The number of anilines is 1. The number of hydrogen-bond acceptors (Lipinski definition) is 4. The summed E-state index contributed by atoms with van der Waals surface area (Å²) >= 11 is 0. The summed E-state index contributed by atoms with van der Waals surface area (Å²) in [6.45, 7) is -0.0543. The topological polar surface area (TPSA) is 55.8 Å². The summed E-state index contributed by atoms with van der Waals surface area (Å²) in [5.41, 5.74) is 0.464. The average Bonchev–Trinajstić information content (AvgIpc) is 3.05. The van der Waals surface area contributed by atoms with Crippen molar-refractivity contribution in [3.05, 3.63) is 59.4 Å². The van der Waals surface area contributed by atoms with Crippen LogP contribution in [0.5, 0.6) is 5.75 Å². The highest BCUT2D eigenvalue weighted by atomic mass is 19.2. The van der Waals surface area contributed by atoms with Crippen LogP contribution in [-0.2, 0) is 20.9 Å². The summed E-state index contributed by atoms with van der Waals surface area (Å²) in [5, 5.41) is 0. The molecule has 0 N–H and O–H groups in total. The maximum atomic E-state index is 13.6. The second kappa shape index (κ2) is 7.69. The van der Waals surface area contributed by atoms with E-state index in [0.29, 0.717) is 17.5 Å². The molecule has 1 heterocycles. The second-order valence-electron chi connectivity index (χ2n) is 6.07. The first-order chi connectivity index (χ1) is 12.9. The van der Waals surface area contributed by atoms with Crippen molar-refractivity contribution < 1.29 is 32.2 Å². The van der Waals surface area contributed by atoms with E-state index >= 15 is 0 Å². The number of ether oxygens (including phenoxy) is 2. The molecule has 1 amide bonds. The number of esters is 1. The van der Waals surface area contributed by atoms with Gasteiger partial charge in [0, 0.05) is 30.3 Å². The molecule has 0 bridgehead atoms. The maximum Gasteiger partial charge on any atom is 0.311 e. The van der Waals surface area contributed by atoms with Gasteiger partial charge in [-0.1, -0.05) is 0 Å². The van der Waals surface area contributed by atoms with E-state index in [1.54, 1.807) is 24.3 Å². The quantitative estimate of drug-likeness (QED) is 0.591. The minimum atomic E-state index is -1.26. The third-order valence-corrected chi connectivity index (χ3v) is 4.29. The van der Waals surface area contributed by atoms with E-state index in [9.17, 15) is 22.8 Å². The minimum absolute atomic E-state index is 0.0837. The number of hydrogen-bond donors (Lipinski definition) is 0. The Kier molecular flexibility index (Phi) is 5.34. The Morgan fingerprint density at radius 2 is 1.78 bits per heavy atom. The van der Waals surface area contributed by atoms with Crippen LogP contribution in [0.3, 0.4) is 0 Å². The van der Waals surface area contributed by atoms with E-state index in [2.05, 4.69) is 4.74 Å². The van der Waals surface area contributed by atoms with Crippen molar-refractivity contribution >= 4 is 17.6 Å². The van der Waals surface area contributed by atoms with Crippen molar-refractivity contribution in [2.75, 3.05) is 18.6 Å². The van der Waals surface area contributed by atoms with Crippen LogP contribution >= 0.6 is 0 Å². The van der Waals surface area contributed by atoms with Gasteiger partial charge < -0.3 is 14.4 Å². The van der Waals surface area contributed by atoms with Gasteiger partial charge in [0.25, 0.3) is 0 Å². The van der Waals surface area contributed by atoms with Gasteiger partial charge in [0.1, 0.15) is 18.2 Å². The van der Waals surface area contributed by atoms with Crippen LogP contribution < -0.4 is 9.64 Å². The zero-order valence-corrected chi connectivity index (χ0v) is 14.4. The van der Waals surface area contributed by atoms with E-state index in [0.717, 1.165) is 6.07 Å². The van der Waals surface area contributed by atoms with E-state index in [1.807, 2.05) is 0 Å². The fourth-order valence-corrected chi connectivity index (χ4v) is 2.84. The van der Waals surface area contributed by atoms with Crippen molar-refractivity contribution in [3.8, 4) is 5.75 Å². The van der Waals surface area contributed by atoms with Crippen LogP contribution in [-0.4, -0.2) is 25.5 Å². The molecule has 142 valence electrons. The van der Waals surface area contributed by atoms with Gasteiger partial charge in [-0.05, 0) is 30.3 Å². The Morgan fingerprint density at radius 3 is 2.44 bits per heavy atom. The van der Waals surface area contributed by atoms with Crippen molar-refractivity contribution in [1.82, 2.24) is 0 Å². The normalized spacial score (nSPS) is 16.5. The predicted octanol–water partition coefficient (Wildman–Crippen LogP) is 3.21. The molecule has 1 atom stereocenters. The Hall–Kier alpha value is -3.03. The number of halogens is 3. The lowest BCUT2D eigenvalue weighted by Gasteiger charge is -2.17. The number of rotatable bonds is 5. The Morgan fingerprint density at radius 1 is 1.11 bits per heavy atom. The molecular formula is C19H16F3NO4. The van der Waals surface area contributed by atoms with Gasteiger partial charge in [0.15, 0.2) is 11.6 Å². The molecule has 8 heteroatoms. The second-order valence-corrected chi connectivity index (χ2v) is 6.07. The van der Waals surface area contributed by atoms with Gasteiger partial charge in [-0.2, -0.15) is 0 Å². The number of methoxy groups -OCH3 is 1. The smallest absolute Gasteiger partial charge is 0.311 e. The summed E-state index contributed by atoms with van der Waals surface area (Å²) in [6, 6.07) is 7.57. The van der Waals surface area contributed by atoms with E-state index in [4.69, 9.17) is 4.74 Å².